The highest BCUT2D eigenvalue weighted by molar-refractivity contribution is 6.20. The van der Waals surface area contributed by atoms with Gasteiger partial charge < -0.3 is 4.74 Å². The van der Waals surface area contributed by atoms with E-state index in [-0.39, 0.29) is 5.56 Å². The summed E-state index contributed by atoms with van der Waals surface area (Å²) in [5.74, 6) is -1.59. The number of non-ortho nitro benzene ring substituents is 1. The molecule has 9 nitrogen and oxygen atoms in total. The van der Waals surface area contributed by atoms with Crippen LogP contribution in [0.3, 0.4) is 0 Å². The lowest BCUT2D eigenvalue weighted by atomic mass is 10.1. The Morgan fingerprint density at radius 2 is 1.81 bits per heavy atom. The first-order chi connectivity index (χ1) is 9.77. The van der Waals surface area contributed by atoms with E-state index in [1.54, 1.807) is 0 Å². The third-order valence-corrected chi connectivity index (χ3v) is 2.51. The van der Waals surface area contributed by atoms with Crippen molar-refractivity contribution in [3.8, 4) is 0 Å². The predicted molar refractivity (Wildman–Crippen MR) is 70.4 cm³/mol. The lowest BCUT2D eigenvalue weighted by molar-refractivity contribution is -0.394. The zero-order valence-corrected chi connectivity index (χ0v) is 11.1. The molecule has 0 saturated carbocycles. The van der Waals surface area contributed by atoms with Crippen molar-refractivity contribution in [3.05, 3.63) is 49.6 Å². The van der Waals surface area contributed by atoms with E-state index in [0.29, 0.717) is 0 Å². The molecule has 0 N–H and O–H groups in total. The second-order valence-electron chi connectivity index (χ2n) is 3.86. The van der Waals surface area contributed by atoms with Crippen molar-refractivity contribution in [1.29, 1.82) is 0 Å². The minimum absolute atomic E-state index is 0.110. The highest BCUT2D eigenvalue weighted by Gasteiger charge is 2.21. The fourth-order valence-electron chi connectivity index (χ4n) is 1.50. The van der Waals surface area contributed by atoms with E-state index in [1.807, 2.05) is 0 Å². The molecule has 0 aliphatic rings. The molecule has 0 unspecified atom stereocenters. The van der Waals surface area contributed by atoms with E-state index < -0.39 is 38.5 Å². The average molecular weight is 294 g/mol. The SMILES string of the molecule is COC(=O)/C(=C\c1ccc([N+](=O)[O-])cc1[N+](=O)[O-])C(C)=O. The number of nitrogens with zero attached hydrogens (tertiary/aromatic N) is 2. The number of carbonyl (C=O) groups is 2. The van der Waals surface area contributed by atoms with Gasteiger partial charge in [0.05, 0.1) is 28.6 Å². The molecular weight excluding hydrogens is 284 g/mol. The minimum atomic E-state index is -0.949. The fraction of sp³-hybridized carbons (Fsp3) is 0.167. The minimum Gasteiger partial charge on any atom is -0.465 e. The van der Waals surface area contributed by atoms with Crippen molar-refractivity contribution >= 4 is 29.2 Å². The number of rotatable bonds is 5. The fourth-order valence-corrected chi connectivity index (χ4v) is 1.50. The molecule has 0 amide bonds. The van der Waals surface area contributed by atoms with Crippen molar-refractivity contribution in [1.82, 2.24) is 0 Å². The Bertz CT molecular complexity index is 664. The van der Waals surface area contributed by atoms with Gasteiger partial charge in [-0.1, -0.05) is 0 Å². The lowest BCUT2D eigenvalue weighted by Crippen LogP contribution is -2.11. The number of carbonyl (C=O) groups excluding carboxylic acids is 2. The van der Waals surface area contributed by atoms with E-state index in [2.05, 4.69) is 4.74 Å². The number of nitro benzene ring substituents is 2. The van der Waals surface area contributed by atoms with Gasteiger partial charge in [-0.15, -0.1) is 0 Å². The van der Waals surface area contributed by atoms with Crippen molar-refractivity contribution < 1.29 is 24.2 Å². The van der Waals surface area contributed by atoms with E-state index in [9.17, 15) is 29.8 Å². The van der Waals surface area contributed by atoms with Crippen LogP contribution in [-0.2, 0) is 14.3 Å². The molecule has 1 rings (SSSR count). The lowest BCUT2D eigenvalue weighted by Gasteiger charge is -2.02. The standard InChI is InChI=1S/C12H10N2O7/c1-7(15)10(12(16)21-2)5-8-3-4-9(13(17)18)6-11(8)14(19)20/h3-6H,1-2H3/b10-5-. The summed E-state index contributed by atoms with van der Waals surface area (Å²) >= 11 is 0. The summed E-state index contributed by atoms with van der Waals surface area (Å²) < 4.78 is 4.40. The van der Waals surface area contributed by atoms with Crippen LogP contribution in [0.1, 0.15) is 12.5 Å². The number of benzene rings is 1. The van der Waals surface area contributed by atoms with Crippen LogP contribution in [0.5, 0.6) is 0 Å². The molecule has 0 fully saturated rings. The third-order valence-electron chi connectivity index (χ3n) is 2.51. The van der Waals surface area contributed by atoms with Crippen LogP contribution in [-0.4, -0.2) is 28.7 Å². The maximum atomic E-state index is 11.4. The quantitative estimate of drug-likeness (QED) is 0.201. The number of Topliss-reactive ketones (excluding diaryl/α,β-unsaturated/α-hetero) is 1. The van der Waals surface area contributed by atoms with Crippen LogP contribution in [0.2, 0.25) is 0 Å². The molecule has 0 aromatic heterocycles. The van der Waals surface area contributed by atoms with E-state index >= 15 is 0 Å². The normalized spacial score (nSPS) is 10.9. The van der Waals surface area contributed by atoms with Gasteiger partial charge in [0.1, 0.15) is 5.57 Å². The van der Waals surface area contributed by atoms with Crippen molar-refractivity contribution in [2.24, 2.45) is 0 Å². The molecule has 0 aliphatic heterocycles. The maximum Gasteiger partial charge on any atom is 0.341 e. The molecule has 0 saturated heterocycles. The molecule has 0 radical (unpaired) electrons. The van der Waals surface area contributed by atoms with Gasteiger partial charge in [0.25, 0.3) is 11.4 Å². The van der Waals surface area contributed by atoms with Crippen molar-refractivity contribution in [2.75, 3.05) is 7.11 Å². The molecule has 0 heterocycles. The first-order valence-electron chi connectivity index (χ1n) is 5.51. The van der Waals surface area contributed by atoms with Gasteiger partial charge in [0.15, 0.2) is 5.78 Å². The number of hydrogen-bond acceptors (Lipinski definition) is 7. The molecule has 0 aliphatic carbocycles. The van der Waals surface area contributed by atoms with Crippen LogP contribution in [0.15, 0.2) is 23.8 Å². The Kier molecular flexibility index (Phi) is 4.84. The van der Waals surface area contributed by atoms with Crippen LogP contribution in [0, 0.1) is 20.2 Å². The number of esters is 1. The van der Waals surface area contributed by atoms with Crippen LogP contribution >= 0.6 is 0 Å². The summed E-state index contributed by atoms with van der Waals surface area (Å²) in [6.45, 7) is 1.10. The largest absolute Gasteiger partial charge is 0.465 e. The first kappa shape index (κ1) is 16.0. The maximum absolute atomic E-state index is 11.4. The summed E-state index contributed by atoms with van der Waals surface area (Å²) in [5.41, 5.74) is -1.57. The summed E-state index contributed by atoms with van der Waals surface area (Å²) in [4.78, 5) is 42.7. The molecule has 1 aromatic rings. The molecule has 0 atom stereocenters. The summed E-state index contributed by atoms with van der Waals surface area (Å²) in [6, 6.07) is 2.87. The summed E-state index contributed by atoms with van der Waals surface area (Å²) in [5, 5.41) is 21.6. The zero-order valence-electron chi connectivity index (χ0n) is 11.1. The summed E-state index contributed by atoms with van der Waals surface area (Å²) in [7, 11) is 1.06. The van der Waals surface area contributed by atoms with E-state index in [0.717, 1.165) is 38.3 Å². The van der Waals surface area contributed by atoms with Gasteiger partial charge in [-0.3, -0.25) is 25.0 Å². The monoisotopic (exact) mass is 294 g/mol. The summed E-state index contributed by atoms with van der Waals surface area (Å²) in [6.07, 6.45) is 0.968. The Labute approximate surface area is 118 Å². The van der Waals surface area contributed by atoms with Gasteiger partial charge in [-0.05, 0) is 19.1 Å². The smallest absolute Gasteiger partial charge is 0.341 e. The number of ketones is 1. The molecule has 110 valence electrons. The van der Waals surface area contributed by atoms with Gasteiger partial charge >= 0.3 is 5.97 Å². The molecule has 9 heteroatoms. The Morgan fingerprint density at radius 3 is 2.24 bits per heavy atom. The number of nitro groups is 2. The molecule has 0 bridgehead atoms. The second kappa shape index (κ2) is 6.37. The first-order valence-corrected chi connectivity index (χ1v) is 5.51. The third kappa shape index (κ3) is 3.69. The Balaban J connectivity index is 3.48. The molecule has 1 aromatic carbocycles. The van der Waals surface area contributed by atoms with Crippen LogP contribution in [0.25, 0.3) is 6.08 Å². The Morgan fingerprint density at radius 1 is 1.19 bits per heavy atom. The molecule has 21 heavy (non-hydrogen) atoms. The number of methoxy groups -OCH3 is 1. The predicted octanol–water partition coefficient (Wildman–Crippen LogP) is 1.65. The second-order valence-corrected chi connectivity index (χ2v) is 3.86. The van der Waals surface area contributed by atoms with Gasteiger partial charge in [0, 0.05) is 6.07 Å². The number of hydrogen-bond donors (Lipinski definition) is 0. The van der Waals surface area contributed by atoms with Gasteiger partial charge in [-0.25, -0.2) is 4.79 Å². The molecule has 0 spiro atoms. The highest BCUT2D eigenvalue weighted by atomic mass is 16.6. The van der Waals surface area contributed by atoms with Gasteiger partial charge in [-0.2, -0.15) is 0 Å². The average Bonchev–Trinajstić information content (AvgIpc) is 2.43. The zero-order chi connectivity index (χ0) is 16.2. The van der Waals surface area contributed by atoms with Crippen LogP contribution in [0.4, 0.5) is 11.4 Å². The van der Waals surface area contributed by atoms with Crippen molar-refractivity contribution in [3.63, 3.8) is 0 Å². The van der Waals surface area contributed by atoms with Crippen LogP contribution < -0.4 is 0 Å². The molecular formula is C12H10N2O7. The van der Waals surface area contributed by atoms with E-state index in [1.165, 1.54) is 0 Å². The Hall–Kier alpha value is -3.10. The van der Waals surface area contributed by atoms with E-state index in [4.69, 9.17) is 0 Å². The van der Waals surface area contributed by atoms with Crippen molar-refractivity contribution in [2.45, 2.75) is 6.92 Å². The highest BCUT2D eigenvalue weighted by Crippen LogP contribution is 2.26. The number of ether oxygens (including phenoxy) is 1. The van der Waals surface area contributed by atoms with Gasteiger partial charge in [0.2, 0.25) is 0 Å². The topological polar surface area (TPSA) is 130 Å².